The average molecular weight is 402 g/mol. The quantitative estimate of drug-likeness (QED) is 0.699. The molecule has 2 N–H and O–H groups in total. The molecule has 30 heavy (non-hydrogen) atoms. The largest absolute Gasteiger partial charge is 0.493 e. The molecule has 6 heteroatoms. The highest BCUT2D eigenvalue weighted by molar-refractivity contribution is 5.78. The third-order valence-electron chi connectivity index (χ3n) is 7.02. The monoisotopic (exact) mass is 401 g/mol. The molecule has 0 saturated carbocycles. The maximum Gasteiger partial charge on any atom is 0.128 e. The molecule has 2 saturated heterocycles. The molecule has 5 heterocycles. The number of fused-ring (bicyclic) bond motifs is 5. The van der Waals surface area contributed by atoms with Crippen molar-refractivity contribution in [2.75, 3.05) is 18.6 Å². The highest BCUT2D eigenvalue weighted by atomic mass is 16.5. The number of anilines is 1. The summed E-state index contributed by atoms with van der Waals surface area (Å²) in [6.07, 6.45) is 9.64. The number of hydrogen-bond acceptors (Lipinski definition) is 5. The van der Waals surface area contributed by atoms with E-state index >= 15 is 0 Å². The molecular formula is C24H27N5O. The van der Waals surface area contributed by atoms with Gasteiger partial charge in [0.1, 0.15) is 11.6 Å². The highest BCUT2D eigenvalue weighted by Crippen LogP contribution is 2.39. The van der Waals surface area contributed by atoms with Crippen molar-refractivity contribution in [2.24, 2.45) is 0 Å². The first-order valence-corrected chi connectivity index (χ1v) is 11.0. The molecule has 3 aliphatic rings. The predicted octanol–water partition coefficient (Wildman–Crippen LogP) is 3.79. The highest BCUT2D eigenvalue weighted by Gasteiger charge is 2.35. The molecule has 154 valence electrons. The number of nitrogens with one attached hydrogen (secondary N) is 2. The molecule has 3 atom stereocenters. The Morgan fingerprint density at radius 2 is 1.87 bits per heavy atom. The summed E-state index contributed by atoms with van der Waals surface area (Å²) in [7, 11) is 2.21. The van der Waals surface area contributed by atoms with Crippen molar-refractivity contribution in [3.63, 3.8) is 0 Å². The van der Waals surface area contributed by atoms with E-state index in [1.165, 1.54) is 31.2 Å². The van der Waals surface area contributed by atoms with E-state index in [2.05, 4.69) is 57.8 Å². The van der Waals surface area contributed by atoms with Gasteiger partial charge >= 0.3 is 0 Å². The Balaban J connectivity index is 1.31. The van der Waals surface area contributed by atoms with Crippen LogP contribution >= 0.6 is 0 Å². The van der Waals surface area contributed by atoms with E-state index in [-0.39, 0.29) is 0 Å². The first-order valence-electron chi connectivity index (χ1n) is 11.0. The van der Waals surface area contributed by atoms with Crippen molar-refractivity contribution >= 4 is 5.82 Å². The van der Waals surface area contributed by atoms with Crippen molar-refractivity contribution in [1.29, 1.82) is 0 Å². The lowest BCUT2D eigenvalue weighted by atomic mass is 9.97. The Labute approximate surface area is 176 Å². The van der Waals surface area contributed by atoms with Gasteiger partial charge in [0, 0.05) is 54.5 Å². The fraction of sp³-hybridized carbons (Fsp3) is 0.417. The summed E-state index contributed by atoms with van der Waals surface area (Å²) in [5.41, 5.74) is 5.61. The van der Waals surface area contributed by atoms with Gasteiger partial charge in [-0.05, 0) is 55.5 Å². The minimum atomic E-state index is 0.570. The van der Waals surface area contributed by atoms with Crippen LogP contribution in [0.4, 0.5) is 5.82 Å². The lowest BCUT2D eigenvalue weighted by Crippen LogP contribution is -2.47. The van der Waals surface area contributed by atoms with Crippen LogP contribution in [0.5, 0.6) is 5.75 Å². The number of aromatic amines is 1. The van der Waals surface area contributed by atoms with Crippen molar-refractivity contribution in [2.45, 2.75) is 50.2 Å². The number of rotatable bonds is 3. The Kier molecular flexibility index (Phi) is 4.27. The average Bonchev–Trinajstić information content (AvgIpc) is 3.38. The Morgan fingerprint density at radius 1 is 1.03 bits per heavy atom. The SMILES string of the molecule is CN(c1ccc2c(n1)CCOc1cc(-c3cn[nH]c3)ccc1-2)[C@H]1C[C@H]2CC[C@@H](C1)N2. The second-order valence-corrected chi connectivity index (χ2v) is 8.83. The summed E-state index contributed by atoms with van der Waals surface area (Å²) in [5.74, 6) is 2.00. The summed E-state index contributed by atoms with van der Waals surface area (Å²) < 4.78 is 6.13. The second-order valence-electron chi connectivity index (χ2n) is 8.83. The number of hydrogen-bond donors (Lipinski definition) is 2. The minimum Gasteiger partial charge on any atom is -0.493 e. The van der Waals surface area contributed by atoms with Crippen molar-refractivity contribution < 1.29 is 4.74 Å². The number of nitrogens with zero attached hydrogens (tertiary/aromatic N) is 3. The van der Waals surface area contributed by atoms with Crippen LogP contribution in [-0.2, 0) is 6.42 Å². The van der Waals surface area contributed by atoms with E-state index in [0.717, 1.165) is 40.4 Å². The molecule has 2 bridgehead atoms. The van der Waals surface area contributed by atoms with Crippen LogP contribution in [-0.4, -0.2) is 47.0 Å². The van der Waals surface area contributed by atoms with Gasteiger partial charge in [-0.15, -0.1) is 0 Å². The first kappa shape index (κ1) is 18.0. The third-order valence-corrected chi connectivity index (χ3v) is 7.02. The molecule has 6 nitrogen and oxygen atoms in total. The van der Waals surface area contributed by atoms with E-state index in [4.69, 9.17) is 9.72 Å². The lowest BCUT2D eigenvalue weighted by Gasteiger charge is -2.36. The Hall–Kier alpha value is -2.86. The fourth-order valence-electron chi connectivity index (χ4n) is 5.36. The first-order chi connectivity index (χ1) is 14.7. The van der Waals surface area contributed by atoms with Crippen molar-refractivity contribution in [3.8, 4) is 28.0 Å². The molecule has 3 aliphatic heterocycles. The number of benzene rings is 1. The summed E-state index contributed by atoms with van der Waals surface area (Å²) in [4.78, 5) is 7.50. The van der Waals surface area contributed by atoms with E-state index in [1.54, 1.807) is 0 Å². The van der Waals surface area contributed by atoms with Crippen LogP contribution in [0.15, 0.2) is 42.7 Å². The summed E-state index contributed by atoms with van der Waals surface area (Å²) >= 11 is 0. The fourth-order valence-corrected chi connectivity index (χ4v) is 5.36. The zero-order chi connectivity index (χ0) is 20.1. The van der Waals surface area contributed by atoms with Crippen molar-refractivity contribution in [3.05, 3.63) is 48.4 Å². The Bertz CT molecular complexity index is 1050. The molecule has 0 amide bonds. The molecule has 2 aromatic heterocycles. The minimum absolute atomic E-state index is 0.570. The predicted molar refractivity (Wildman–Crippen MR) is 118 cm³/mol. The summed E-state index contributed by atoms with van der Waals surface area (Å²) in [5, 5.41) is 10.7. The van der Waals surface area contributed by atoms with Gasteiger partial charge < -0.3 is 15.0 Å². The number of aromatic nitrogens is 3. The maximum atomic E-state index is 6.13. The van der Waals surface area contributed by atoms with Crippen LogP contribution in [0, 0.1) is 0 Å². The van der Waals surface area contributed by atoms with E-state index in [1.807, 2.05) is 12.4 Å². The smallest absolute Gasteiger partial charge is 0.128 e. The lowest BCUT2D eigenvalue weighted by molar-refractivity contribution is 0.325. The number of piperidine rings is 1. The van der Waals surface area contributed by atoms with Gasteiger partial charge in [0.25, 0.3) is 0 Å². The van der Waals surface area contributed by atoms with Crippen LogP contribution in [0.25, 0.3) is 22.3 Å². The van der Waals surface area contributed by atoms with Crippen molar-refractivity contribution in [1.82, 2.24) is 20.5 Å². The van der Waals surface area contributed by atoms with E-state index in [0.29, 0.717) is 24.7 Å². The Morgan fingerprint density at radius 3 is 2.67 bits per heavy atom. The summed E-state index contributed by atoms with van der Waals surface area (Å²) in [6, 6.07) is 12.7. The molecule has 0 radical (unpaired) electrons. The number of ether oxygens (including phenoxy) is 1. The normalized spacial score (nSPS) is 24.5. The topological polar surface area (TPSA) is 66.1 Å². The van der Waals surface area contributed by atoms with Crippen LogP contribution in [0.2, 0.25) is 0 Å². The van der Waals surface area contributed by atoms with Gasteiger partial charge in [-0.1, -0.05) is 6.07 Å². The van der Waals surface area contributed by atoms with Gasteiger partial charge in [-0.25, -0.2) is 4.98 Å². The van der Waals surface area contributed by atoms with E-state index in [9.17, 15) is 0 Å². The molecule has 2 fully saturated rings. The second kappa shape index (κ2) is 7.13. The molecule has 6 rings (SSSR count). The molecule has 1 aromatic carbocycles. The molecular weight excluding hydrogens is 374 g/mol. The molecule has 3 aromatic rings. The van der Waals surface area contributed by atoms with Gasteiger partial charge in [-0.3, -0.25) is 5.10 Å². The number of H-pyrrole nitrogens is 1. The zero-order valence-corrected chi connectivity index (χ0v) is 17.3. The molecule has 0 unspecified atom stereocenters. The van der Waals surface area contributed by atoms with Gasteiger partial charge in [0.15, 0.2) is 0 Å². The van der Waals surface area contributed by atoms with Gasteiger partial charge in [0.05, 0.1) is 18.5 Å². The van der Waals surface area contributed by atoms with Crippen LogP contribution < -0.4 is 15.0 Å². The van der Waals surface area contributed by atoms with Crippen LogP contribution in [0.1, 0.15) is 31.4 Å². The molecule has 0 aliphatic carbocycles. The standard InChI is InChI=1S/C24H27N5O/c1-29(19-11-17-3-4-18(12-19)27-17)24-7-6-20-21-5-2-15(16-13-25-26-14-16)10-23(21)30-9-8-22(20)28-24/h2,5-7,10,13-14,17-19,27H,3-4,8-9,11-12H2,1H3,(H,25,26)/t17-,18+,19+. The van der Waals surface area contributed by atoms with E-state index < -0.39 is 0 Å². The summed E-state index contributed by atoms with van der Waals surface area (Å²) in [6.45, 7) is 0.645. The number of pyridine rings is 1. The zero-order valence-electron chi connectivity index (χ0n) is 17.3. The maximum absolute atomic E-state index is 6.13. The van der Waals surface area contributed by atoms with Gasteiger partial charge in [-0.2, -0.15) is 5.10 Å². The van der Waals surface area contributed by atoms with Crippen LogP contribution in [0.3, 0.4) is 0 Å². The molecule has 0 spiro atoms. The third kappa shape index (κ3) is 3.06. The van der Waals surface area contributed by atoms with Gasteiger partial charge in [0.2, 0.25) is 0 Å².